The van der Waals surface area contributed by atoms with Gasteiger partial charge in [-0.25, -0.2) is 28.3 Å². The molecule has 4 aromatic rings. The average Bonchev–Trinajstić information content (AvgIpc) is 2.97. The molecule has 230 valence electrons. The number of halogens is 3. The number of benzene rings is 1. The van der Waals surface area contributed by atoms with Crippen LogP contribution < -0.4 is 15.3 Å². The number of nitrogens with zero attached hydrogens (tertiary/aromatic N) is 7. The number of pyridine rings is 1. The number of rotatable bonds is 6. The summed E-state index contributed by atoms with van der Waals surface area (Å²) in [6.07, 6.45) is 2.62. The highest BCUT2D eigenvalue weighted by molar-refractivity contribution is 6.33. The number of piperazine rings is 1. The number of carbonyl (C=O) groups excluding carboxylic acids is 1. The molecule has 13 heteroatoms. The molecule has 1 fully saturated rings. The highest BCUT2D eigenvalue weighted by Crippen LogP contribution is 2.36. The second-order valence-electron chi connectivity index (χ2n) is 11.4. The van der Waals surface area contributed by atoms with Crippen molar-refractivity contribution in [2.75, 3.05) is 24.5 Å². The molecule has 0 radical (unpaired) electrons. The van der Waals surface area contributed by atoms with Crippen molar-refractivity contribution in [2.24, 2.45) is 0 Å². The SMILES string of the molecule is C=CC(=O)N1CCN(c2nc(=O)n(-c3c(C(C)C)ncnc3C(C)C)c3c2cc(F)c(-c2c(F)cccc2Cl)[n+]3[O-])[C@@H](C)C1. The lowest BCUT2D eigenvalue weighted by Gasteiger charge is -2.40. The molecule has 10 nitrogen and oxygen atoms in total. The third-order valence-corrected chi connectivity index (χ3v) is 8.08. The van der Waals surface area contributed by atoms with E-state index < -0.39 is 28.6 Å². The number of amides is 1. The molecule has 1 saturated heterocycles. The average molecular weight is 624 g/mol. The summed E-state index contributed by atoms with van der Waals surface area (Å²) in [6.45, 7) is 13.7. The fourth-order valence-corrected chi connectivity index (χ4v) is 5.94. The molecule has 3 aromatic heterocycles. The molecular formula is C31H32ClF2N7O3. The molecule has 0 spiro atoms. The number of hydrogen-bond acceptors (Lipinski definition) is 7. The lowest BCUT2D eigenvalue weighted by molar-refractivity contribution is -0.569. The third-order valence-electron chi connectivity index (χ3n) is 7.76. The molecule has 1 atom stereocenters. The molecule has 0 unspecified atom stereocenters. The highest BCUT2D eigenvalue weighted by Gasteiger charge is 2.35. The van der Waals surface area contributed by atoms with Gasteiger partial charge in [-0.1, -0.05) is 51.9 Å². The molecular weight excluding hydrogens is 592 g/mol. The van der Waals surface area contributed by atoms with E-state index in [2.05, 4.69) is 21.5 Å². The molecule has 1 aromatic carbocycles. The van der Waals surface area contributed by atoms with Crippen LogP contribution in [0.15, 0.2) is 48.0 Å². The number of fused-ring (bicyclic) bond motifs is 1. The lowest BCUT2D eigenvalue weighted by atomic mass is 10.0. The Balaban J connectivity index is 1.91. The molecule has 5 rings (SSSR count). The summed E-state index contributed by atoms with van der Waals surface area (Å²) < 4.78 is 32.5. The van der Waals surface area contributed by atoms with Crippen molar-refractivity contribution in [3.8, 4) is 16.9 Å². The normalized spacial score (nSPS) is 15.5. The fourth-order valence-electron chi connectivity index (χ4n) is 5.69. The summed E-state index contributed by atoms with van der Waals surface area (Å²) in [5, 5.41) is 14.2. The maximum absolute atomic E-state index is 16.1. The van der Waals surface area contributed by atoms with E-state index in [1.165, 1.54) is 24.5 Å². The minimum atomic E-state index is -1.06. The zero-order valence-corrected chi connectivity index (χ0v) is 25.8. The van der Waals surface area contributed by atoms with Gasteiger partial charge in [0.05, 0.1) is 22.0 Å². The van der Waals surface area contributed by atoms with Crippen molar-refractivity contribution in [3.63, 3.8) is 0 Å². The predicted octanol–water partition coefficient (Wildman–Crippen LogP) is 4.88. The maximum atomic E-state index is 16.1. The van der Waals surface area contributed by atoms with Gasteiger partial charge >= 0.3 is 11.3 Å². The minimum Gasteiger partial charge on any atom is -0.710 e. The van der Waals surface area contributed by atoms with Gasteiger partial charge in [-0.05, 0) is 43.0 Å². The Morgan fingerprint density at radius 3 is 2.36 bits per heavy atom. The van der Waals surface area contributed by atoms with Crippen LogP contribution in [0, 0.1) is 16.8 Å². The molecule has 1 amide bonds. The summed E-state index contributed by atoms with van der Waals surface area (Å²) in [6, 6.07) is 4.47. The first-order chi connectivity index (χ1) is 20.9. The molecule has 0 saturated carbocycles. The second kappa shape index (κ2) is 11.9. The van der Waals surface area contributed by atoms with Gasteiger partial charge in [0.2, 0.25) is 5.91 Å². The Kier molecular flexibility index (Phi) is 8.39. The number of hydrogen-bond donors (Lipinski definition) is 0. The van der Waals surface area contributed by atoms with E-state index in [9.17, 15) is 14.8 Å². The van der Waals surface area contributed by atoms with Crippen molar-refractivity contribution in [3.05, 3.63) is 87.0 Å². The number of carbonyl (C=O) groups is 1. The first-order valence-electron chi connectivity index (χ1n) is 14.2. The highest BCUT2D eigenvalue weighted by atomic mass is 35.5. The van der Waals surface area contributed by atoms with E-state index in [0.29, 0.717) is 11.4 Å². The third kappa shape index (κ3) is 5.17. The van der Waals surface area contributed by atoms with Gasteiger partial charge in [0.15, 0.2) is 23.0 Å². The van der Waals surface area contributed by atoms with E-state index >= 15 is 8.78 Å². The number of aromatic nitrogens is 5. The molecule has 1 aliphatic rings. The Hall–Kier alpha value is -4.45. The van der Waals surface area contributed by atoms with Crippen LogP contribution >= 0.6 is 11.6 Å². The molecule has 4 heterocycles. The fraction of sp³-hybridized carbons (Fsp3) is 0.355. The molecule has 0 N–H and O–H groups in total. The summed E-state index contributed by atoms with van der Waals surface area (Å²) >= 11 is 6.30. The monoisotopic (exact) mass is 623 g/mol. The zero-order valence-electron chi connectivity index (χ0n) is 25.0. The molecule has 44 heavy (non-hydrogen) atoms. The van der Waals surface area contributed by atoms with Gasteiger partial charge in [-0.2, -0.15) is 4.98 Å². The first kappa shape index (κ1) is 31.0. The Morgan fingerprint density at radius 1 is 1.14 bits per heavy atom. The van der Waals surface area contributed by atoms with Crippen LogP contribution in [0.5, 0.6) is 0 Å². The molecule has 1 aliphatic heterocycles. The lowest BCUT2D eigenvalue weighted by Crippen LogP contribution is -2.54. The van der Waals surface area contributed by atoms with E-state index in [0.717, 1.165) is 16.7 Å². The zero-order chi connectivity index (χ0) is 32.0. The van der Waals surface area contributed by atoms with Crippen molar-refractivity contribution in [2.45, 2.75) is 52.5 Å². The Morgan fingerprint density at radius 2 is 1.80 bits per heavy atom. The van der Waals surface area contributed by atoms with Gasteiger partial charge in [0, 0.05) is 25.7 Å². The number of anilines is 1. The first-order valence-corrected chi connectivity index (χ1v) is 14.6. The standard InChI is InChI=1S/C31H32ClF2N7O3/c1-7-23(42)38-11-12-39(18(6)14-38)29-19-13-22(34)27(24-20(32)9-8-10-21(24)33)41(44)30(19)40(31(43)37-29)28-25(16(2)3)35-15-36-26(28)17(4)5/h7-10,13,15-18H,1,11-12,14H2,2-6H3/t18-/m0/s1. The Bertz CT molecular complexity index is 1810. The van der Waals surface area contributed by atoms with Gasteiger partial charge < -0.3 is 15.0 Å². The maximum Gasteiger partial charge on any atom is 0.442 e. The van der Waals surface area contributed by atoms with Crippen LogP contribution in [-0.2, 0) is 4.79 Å². The van der Waals surface area contributed by atoms with Crippen molar-refractivity contribution in [1.29, 1.82) is 0 Å². The quantitative estimate of drug-likeness (QED) is 0.171. The Labute approximate surface area is 257 Å². The molecule has 0 bridgehead atoms. The topological polar surface area (TPSA) is 111 Å². The van der Waals surface area contributed by atoms with E-state index in [-0.39, 0.29) is 75.7 Å². The van der Waals surface area contributed by atoms with Crippen LogP contribution in [0.25, 0.3) is 28.0 Å². The van der Waals surface area contributed by atoms with Gasteiger partial charge in [0.25, 0.3) is 0 Å². The largest absolute Gasteiger partial charge is 0.710 e. The van der Waals surface area contributed by atoms with Gasteiger partial charge in [0.1, 0.15) is 17.5 Å². The summed E-state index contributed by atoms with van der Waals surface area (Å²) in [4.78, 5) is 43.1. The van der Waals surface area contributed by atoms with E-state index in [1.54, 1.807) is 9.80 Å². The van der Waals surface area contributed by atoms with Crippen LogP contribution in [0.4, 0.5) is 14.6 Å². The predicted molar refractivity (Wildman–Crippen MR) is 164 cm³/mol. The van der Waals surface area contributed by atoms with Crippen molar-refractivity contribution in [1.82, 2.24) is 24.4 Å². The van der Waals surface area contributed by atoms with Crippen LogP contribution in [0.1, 0.15) is 57.8 Å². The van der Waals surface area contributed by atoms with E-state index in [1.807, 2.05) is 34.6 Å². The molecule has 0 aliphatic carbocycles. The van der Waals surface area contributed by atoms with Gasteiger partial charge in [-0.3, -0.25) is 4.79 Å². The second-order valence-corrected chi connectivity index (χ2v) is 11.8. The smallest absolute Gasteiger partial charge is 0.442 e. The van der Waals surface area contributed by atoms with Crippen LogP contribution in [-0.4, -0.2) is 56.0 Å². The van der Waals surface area contributed by atoms with Crippen molar-refractivity contribution < 1.29 is 18.3 Å². The summed E-state index contributed by atoms with van der Waals surface area (Å²) in [5.41, 5.74) is -1.04. The minimum absolute atomic E-state index is 0.0110. The summed E-state index contributed by atoms with van der Waals surface area (Å²) in [7, 11) is 0. The van der Waals surface area contributed by atoms with E-state index in [4.69, 9.17) is 11.6 Å². The summed E-state index contributed by atoms with van der Waals surface area (Å²) in [5.74, 6) is -2.56. The van der Waals surface area contributed by atoms with Gasteiger partial charge in [-0.15, -0.1) is 4.57 Å². The van der Waals surface area contributed by atoms with Crippen LogP contribution in [0.2, 0.25) is 5.02 Å². The van der Waals surface area contributed by atoms with Crippen LogP contribution in [0.3, 0.4) is 0 Å². The van der Waals surface area contributed by atoms with Crippen molar-refractivity contribution >= 4 is 34.4 Å².